The quantitative estimate of drug-likeness (QED) is 0.700. The molecular weight excluding hydrogens is 432 g/mol. The largest absolute Gasteiger partial charge is 0.480 e. The number of carbonyl (C=O) groups is 3. The van der Waals surface area contributed by atoms with Crippen LogP contribution in [0.1, 0.15) is 49.7 Å². The van der Waals surface area contributed by atoms with Crippen LogP contribution in [0.2, 0.25) is 0 Å². The van der Waals surface area contributed by atoms with E-state index in [1.54, 1.807) is 0 Å². The molecule has 178 valence electrons. The molecule has 2 fully saturated rings. The van der Waals surface area contributed by atoms with Crippen molar-refractivity contribution >= 4 is 18.0 Å². The van der Waals surface area contributed by atoms with E-state index in [4.69, 9.17) is 4.74 Å². The second-order valence-corrected chi connectivity index (χ2v) is 9.77. The van der Waals surface area contributed by atoms with Crippen LogP contribution in [0.4, 0.5) is 4.79 Å². The summed E-state index contributed by atoms with van der Waals surface area (Å²) in [4.78, 5) is 38.6. The molecule has 2 atom stereocenters. The van der Waals surface area contributed by atoms with Gasteiger partial charge >= 0.3 is 12.1 Å². The van der Waals surface area contributed by atoms with Crippen molar-refractivity contribution in [1.82, 2.24) is 10.2 Å². The van der Waals surface area contributed by atoms with E-state index in [2.05, 4.69) is 29.6 Å². The number of nitrogens with one attached hydrogen (secondary N) is 1. The number of hydrogen-bond donors (Lipinski definition) is 2. The van der Waals surface area contributed by atoms with E-state index in [9.17, 15) is 19.5 Å². The number of alkyl carbamates (subject to hydrolysis) is 1. The summed E-state index contributed by atoms with van der Waals surface area (Å²) in [5, 5.41) is 12.4. The van der Waals surface area contributed by atoms with Gasteiger partial charge in [0.05, 0.1) is 0 Å². The summed E-state index contributed by atoms with van der Waals surface area (Å²) < 4.78 is 5.60. The molecule has 0 aromatic heterocycles. The van der Waals surface area contributed by atoms with E-state index in [0.717, 1.165) is 24.0 Å². The van der Waals surface area contributed by atoms with Gasteiger partial charge in [0.25, 0.3) is 0 Å². The highest BCUT2D eigenvalue weighted by molar-refractivity contribution is 5.86. The van der Waals surface area contributed by atoms with E-state index in [1.807, 2.05) is 31.2 Å². The number of carboxylic acid groups (broad SMARTS) is 1. The summed E-state index contributed by atoms with van der Waals surface area (Å²) in [6.45, 7) is 2.63. The van der Waals surface area contributed by atoms with Crippen molar-refractivity contribution < 1.29 is 24.2 Å². The molecule has 1 aliphatic heterocycles. The van der Waals surface area contributed by atoms with Crippen LogP contribution in [0, 0.1) is 11.8 Å². The van der Waals surface area contributed by atoms with Crippen molar-refractivity contribution in [1.29, 1.82) is 0 Å². The zero-order valence-corrected chi connectivity index (χ0v) is 19.3. The lowest BCUT2D eigenvalue weighted by atomic mass is 9.78. The summed E-state index contributed by atoms with van der Waals surface area (Å²) in [5.41, 5.74) is 4.68. The average Bonchev–Trinajstić information content (AvgIpc) is 3.12. The number of carboxylic acids is 1. The molecule has 2 N–H and O–H groups in total. The molecule has 0 radical (unpaired) electrons. The zero-order valence-electron chi connectivity index (χ0n) is 19.3. The zero-order chi connectivity index (χ0) is 23.8. The lowest BCUT2D eigenvalue weighted by molar-refractivity contribution is -0.158. The third-order valence-electron chi connectivity index (χ3n) is 7.62. The smallest absolute Gasteiger partial charge is 0.407 e. The number of nitrogens with zero attached hydrogens (tertiary/aromatic N) is 1. The second kappa shape index (κ2) is 9.12. The van der Waals surface area contributed by atoms with E-state index in [1.165, 1.54) is 16.0 Å². The number of fused-ring (bicyclic) bond motifs is 3. The topological polar surface area (TPSA) is 95.9 Å². The van der Waals surface area contributed by atoms with Gasteiger partial charge in [-0.3, -0.25) is 4.79 Å². The van der Waals surface area contributed by atoms with Gasteiger partial charge in [-0.05, 0) is 53.9 Å². The Hall–Kier alpha value is -3.35. The Morgan fingerprint density at radius 1 is 1.03 bits per heavy atom. The molecule has 2 aromatic carbocycles. The highest BCUT2D eigenvalue weighted by Crippen LogP contribution is 2.44. The lowest BCUT2D eigenvalue weighted by Gasteiger charge is -2.43. The van der Waals surface area contributed by atoms with E-state index in [0.29, 0.717) is 19.4 Å². The molecular formula is C27H30N2O5. The number of hydrogen-bond acceptors (Lipinski definition) is 4. The predicted molar refractivity (Wildman–Crippen MR) is 126 cm³/mol. The van der Waals surface area contributed by atoms with Crippen LogP contribution in [0.3, 0.4) is 0 Å². The van der Waals surface area contributed by atoms with Crippen molar-refractivity contribution in [3.8, 4) is 11.1 Å². The minimum Gasteiger partial charge on any atom is -0.480 e. The van der Waals surface area contributed by atoms with E-state index >= 15 is 0 Å². The van der Waals surface area contributed by atoms with Crippen molar-refractivity contribution in [2.45, 2.75) is 50.6 Å². The fraction of sp³-hybridized carbons (Fsp3) is 0.444. The number of likely N-dealkylation sites (tertiary alicyclic amines) is 1. The maximum atomic E-state index is 12.9. The second-order valence-electron chi connectivity index (χ2n) is 9.77. The SMILES string of the molecule is CC1CCCN(C(=O)C2CC(NC(=O)OCC3c4ccccc4-c4ccccc43)C2)C1C(=O)O. The van der Waals surface area contributed by atoms with Crippen LogP contribution < -0.4 is 5.32 Å². The van der Waals surface area contributed by atoms with Gasteiger partial charge in [-0.1, -0.05) is 55.5 Å². The first-order valence-corrected chi connectivity index (χ1v) is 12.1. The van der Waals surface area contributed by atoms with Crippen molar-refractivity contribution in [2.75, 3.05) is 13.2 Å². The minimum absolute atomic E-state index is 0.00269. The fourth-order valence-corrected chi connectivity index (χ4v) is 5.79. The van der Waals surface area contributed by atoms with Crippen LogP contribution in [0.15, 0.2) is 48.5 Å². The first-order valence-electron chi connectivity index (χ1n) is 12.1. The van der Waals surface area contributed by atoms with Gasteiger partial charge in [-0.2, -0.15) is 0 Å². The number of benzene rings is 2. The Morgan fingerprint density at radius 2 is 1.65 bits per heavy atom. The van der Waals surface area contributed by atoms with Gasteiger partial charge in [-0.25, -0.2) is 9.59 Å². The van der Waals surface area contributed by atoms with Crippen molar-refractivity contribution in [2.24, 2.45) is 11.8 Å². The van der Waals surface area contributed by atoms with Gasteiger partial charge in [0.1, 0.15) is 12.6 Å². The average molecular weight is 463 g/mol. The maximum absolute atomic E-state index is 12.9. The molecule has 7 nitrogen and oxygen atoms in total. The minimum atomic E-state index is -0.937. The molecule has 5 rings (SSSR count). The Kier molecular flexibility index (Phi) is 6.02. The fourth-order valence-electron chi connectivity index (χ4n) is 5.79. The van der Waals surface area contributed by atoms with Crippen LogP contribution in [-0.2, 0) is 14.3 Å². The third-order valence-corrected chi connectivity index (χ3v) is 7.62. The van der Waals surface area contributed by atoms with E-state index in [-0.39, 0.29) is 36.3 Å². The number of carbonyl (C=O) groups excluding carboxylic acids is 2. The van der Waals surface area contributed by atoms with Gasteiger partial charge in [0.15, 0.2) is 0 Å². The Balaban J connectivity index is 1.13. The number of rotatable bonds is 5. The summed E-state index contributed by atoms with van der Waals surface area (Å²) in [6.07, 6.45) is 2.19. The number of aliphatic carboxylic acids is 1. The third kappa shape index (κ3) is 4.04. The highest BCUT2D eigenvalue weighted by Gasteiger charge is 2.43. The normalized spacial score (nSPS) is 25.6. The highest BCUT2D eigenvalue weighted by atomic mass is 16.5. The molecule has 1 saturated heterocycles. The van der Waals surface area contributed by atoms with Crippen LogP contribution in [0.5, 0.6) is 0 Å². The van der Waals surface area contributed by atoms with Gasteiger partial charge in [0.2, 0.25) is 5.91 Å². The number of ether oxygens (including phenoxy) is 1. The molecule has 2 aromatic rings. The van der Waals surface area contributed by atoms with Gasteiger partial charge in [-0.15, -0.1) is 0 Å². The maximum Gasteiger partial charge on any atom is 0.407 e. The standard InChI is InChI=1S/C27H30N2O5/c1-16-7-6-12-29(24(16)26(31)32)25(30)17-13-18(14-17)28-27(33)34-15-23-21-10-4-2-8-19(21)20-9-3-5-11-22(20)23/h2-5,8-11,16-18,23-24H,6-7,12-15H2,1H3,(H,28,33)(H,31,32). The molecule has 34 heavy (non-hydrogen) atoms. The van der Waals surface area contributed by atoms with E-state index < -0.39 is 18.1 Å². The predicted octanol–water partition coefficient (Wildman–Crippen LogP) is 4.02. The van der Waals surface area contributed by atoms with Gasteiger partial charge < -0.3 is 20.1 Å². The lowest BCUT2D eigenvalue weighted by Crippen LogP contribution is -2.57. The molecule has 3 aliphatic rings. The molecule has 0 bridgehead atoms. The summed E-state index contributed by atoms with van der Waals surface area (Å²) >= 11 is 0. The Morgan fingerprint density at radius 3 is 2.26 bits per heavy atom. The molecule has 1 heterocycles. The van der Waals surface area contributed by atoms with Crippen molar-refractivity contribution in [3.63, 3.8) is 0 Å². The number of piperidine rings is 1. The Bertz CT molecular complexity index is 1060. The van der Waals surface area contributed by atoms with Crippen LogP contribution >= 0.6 is 0 Å². The van der Waals surface area contributed by atoms with Crippen LogP contribution in [-0.4, -0.2) is 53.2 Å². The van der Waals surface area contributed by atoms with Gasteiger partial charge in [0, 0.05) is 24.4 Å². The molecule has 2 unspecified atom stereocenters. The summed E-state index contributed by atoms with van der Waals surface area (Å²) in [6, 6.07) is 15.5. The molecule has 1 saturated carbocycles. The summed E-state index contributed by atoms with van der Waals surface area (Å²) in [7, 11) is 0. The molecule has 2 aliphatic carbocycles. The Labute approximate surface area is 199 Å². The van der Waals surface area contributed by atoms with Crippen LogP contribution in [0.25, 0.3) is 11.1 Å². The van der Waals surface area contributed by atoms with Crippen molar-refractivity contribution in [3.05, 3.63) is 59.7 Å². The number of amides is 2. The molecule has 7 heteroatoms. The monoisotopic (exact) mass is 462 g/mol. The summed E-state index contributed by atoms with van der Waals surface area (Å²) in [5.74, 6) is -1.34. The molecule has 0 spiro atoms. The molecule has 2 amide bonds. The first kappa shape index (κ1) is 22.4. The first-order chi connectivity index (χ1) is 16.4.